The van der Waals surface area contributed by atoms with E-state index in [1.165, 1.54) is 4.68 Å². The fraction of sp³-hybridized carbons (Fsp3) is 0.176. The Hall–Kier alpha value is -3.13. The normalized spacial score (nSPS) is 10.7. The van der Waals surface area contributed by atoms with Crippen molar-refractivity contribution in [2.24, 2.45) is 0 Å². The number of nitrogens with zero attached hydrogens (tertiary/aromatic N) is 4. The number of rotatable bonds is 5. The van der Waals surface area contributed by atoms with Crippen molar-refractivity contribution in [3.8, 4) is 5.69 Å². The lowest BCUT2D eigenvalue weighted by Crippen LogP contribution is -2.15. The second kappa shape index (κ2) is 7.01. The average Bonchev–Trinajstić information content (AvgIpc) is 3.20. The first-order chi connectivity index (χ1) is 12.4. The first kappa shape index (κ1) is 17.7. The van der Waals surface area contributed by atoms with Crippen LogP contribution in [0.4, 0.5) is 5.69 Å². The summed E-state index contributed by atoms with van der Waals surface area (Å²) in [7, 11) is 0. The van der Waals surface area contributed by atoms with Gasteiger partial charge in [0.2, 0.25) is 0 Å². The van der Waals surface area contributed by atoms with E-state index in [4.69, 9.17) is 16.7 Å². The molecular weight excluding hydrogens is 358 g/mol. The lowest BCUT2D eigenvalue weighted by Gasteiger charge is -2.10. The first-order valence-electron chi connectivity index (χ1n) is 7.73. The molecule has 9 heteroatoms. The third-order valence-electron chi connectivity index (χ3n) is 3.87. The number of carboxylic acid groups (broad SMARTS) is 1. The van der Waals surface area contributed by atoms with Crippen molar-refractivity contribution in [2.45, 2.75) is 20.4 Å². The van der Waals surface area contributed by atoms with Crippen LogP contribution in [0.3, 0.4) is 0 Å². The number of amides is 1. The van der Waals surface area contributed by atoms with Crippen molar-refractivity contribution in [1.82, 2.24) is 19.6 Å². The third-order valence-corrected chi connectivity index (χ3v) is 4.20. The zero-order chi connectivity index (χ0) is 18.8. The van der Waals surface area contributed by atoms with Gasteiger partial charge in [0.25, 0.3) is 5.91 Å². The number of aromatic nitrogens is 4. The van der Waals surface area contributed by atoms with Gasteiger partial charge in [-0.25, -0.2) is 4.68 Å². The molecule has 2 N–H and O–H groups in total. The van der Waals surface area contributed by atoms with Crippen LogP contribution in [0.25, 0.3) is 5.69 Å². The summed E-state index contributed by atoms with van der Waals surface area (Å²) < 4.78 is 2.95. The Morgan fingerprint density at radius 2 is 2.08 bits per heavy atom. The molecule has 2 heterocycles. The zero-order valence-corrected chi connectivity index (χ0v) is 14.9. The second-order valence-electron chi connectivity index (χ2n) is 5.67. The highest BCUT2D eigenvalue weighted by molar-refractivity contribution is 6.34. The summed E-state index contributed by atoms with van der Waals surface area (Å²) in [5, 5.41) is 20.3. The minimum absolute atomic E-state index is 0.280. The molecule has 8 nitrogen and oxygen atoms in total. The second-order valence-corrected chi connectivity index (χ2v) is 6.07. The van der Waals surface area contributed by atoms with Crippen LogP contribution < -0.4 is 5.32 Å². The van der Waals surface area contributed by atoms with Gasteiger partial charge in [0.05, 0.1) is 33.3 Å². The molecule has 1 aromatic carbocycles. The molecule has 0 aliphatic rings. The van der Waals surface area contributed by atoms with Gasteiger partial charge in [0.15, 0.2) is 0 Å². The van der Waals surface area contributed by atoms with Crippen LogP contribution in [0, 0.1) is 13.8 Å². The molecule has 3 aromatic rings. The SMILES string of the molecule is Cc1nn(CC(=O)O)c(C)c1NC(=O)c1cc(-n2cccn2)ccc1Cl. The number of aliphatic carboxylic acids is 1. The van der Waals surface area contributed by atoms with Gasteiger partial charge >= 0.3 is 5.97 Å². The van der Waals surface area contributed by atoms with Crippen molar-refractivity contribution in [3.05, 3.63) is 58.6 Å². The van der Waals surface area contributed by atoms with Gasteiger partial charge in [0, 0.05) is 12.4 Å². The molecule has 3 rings (SSSR count). The van der Waals surface area contributed by atoms with Crippen LogP contribution in [0.15, 0.2) is 36.7 Å². The van der Waals surface area contributed by atoms with Gasteiger partial charge in [-0.3, -0.25) is 14.3 Å². The molecule has 0 aliphatic carbocycles. The standard InChI is InChI=1S/C17H16ClN5O3/c1-10-16(11(2)23(21-10)9-15(24)25)20-17(26)13-8-12(4-5-14(13)18)22-7-3-6-19-22/h3-8H,9H2,1-2H3,(H,20,26)(H,24,25). The fourth-order valence-electron chi connectivity index (χ4n) is 2.59. The van der Waals surface area contributed by atoms with Gasteiger partial charge in [0.1, 0.15) is 6.54 Å². The highest BCUT2D eigenvalue weighted by Crippen LogP contribution is 2.24. The van der Waals surface area contributed by atoms with E-state index in [1.54, 1.807) is 55.2 Å². The number of nitrogens with one attached hydrogen (secondary N) is 1. The van der Waals surface area contributed by atoms with Gasteiger partial charge < -0.3 is 10.4 Å². The quantitative estimate of drug-likeness (QED) is 0.715. The number of benzene rings is 1. The maximum atomic E-state index is 12.7. The highest BCUT2D eigenvalue weighted by Gasteiger charge is 2.18. The Bertz CT molecular complexity index is 979. The minimum Gasteiger partial charge on any atom is -0.480 e. The van der Waals surface area contributed by atoms with Crippen molar-refractivity contribution in [1.29, 1.82) is 0 Å². The van der Waals surface area contributed by atoms with Crippen LogP contribution >= 0.6 is 11.6 Å². The topological polar surface area (TPSA) is 102 Å². The van der Waals surface area contributed by atoms with Gasteiger partial charge in [-0.1, -0.05) is 11.6 Å². The fourth-order valence-corrected chi connectivity index (χ4v) is 2.80. The van der Waals surface area contributed by atoms with Crippen molar-refractivity contribution >= 4 is 29.2 Å². The summed E-state index contributed by atoms with van der Waals surface area (Å²) in [6.45, 7) is 3.11. The summed E-state index contributed by atoms with van der Waals surface area (Å²) in [6.07, 6.45) is 3.40. The highest BCUT2D eigenvalue weighted by atomic mass is 35.5. The van der Waals surface area contributed by atoms with E-state index < -0.39 is 11.9 Å². The summed E-state index contributed by atoms with van der Waals surface area (Å²) in [5.74, 6) is -1.42. The van der Waals surface area contributed by atoms with Crippen molar-refractivity contribution in [3.63, 3.8) is 0 Å². The minimum atomic E-state index is -1.01. The van der Waals surface area contributed by atoms with Gasteiger partial charge in [-0.2, -0.15) is 10.2 Å². The van der Waals surface area contributed by atoms with Crippen LogP contribution in [0.1, 0.15) is 21.7 Å². The molecule has 0 fully saturated rings. The van der Waals surface area contributed by atoms with E-state index in [0.29, 0.717) is 27.8 Å². The summed E-state index contributed by atoms with van der Waals surface area (Å²) in [5.41, 5.74) is 2.52. The Kier molecular flexibility index (Phi) is 4.77. The summed E-state index contributed by atoms with van der Waals surface area (Å²) >= 11 is 6.18. The van der Waals surface area contributed by atoms with Crippen LogP contribution in [-0.2, 0) is 11.3 Å². The number of hydrogen-bond donors (Lipinski definition) is 2. The number of halogens is 1. The lowest BCUT2D eigenvalue weighted by molar-refractivity contribution is -0.137. The largest absolute Gasteiger partial charge is 0.480 e. The number of carboxylic acids is 1. The zero-order valence-electron chi connectivity index (χ0n) is 14.1. The van der Waals surface area contributed by atoms with E-state index in [0.717, 1.165) is 0 Å². The molecule has 134 valence electrons. The molecule has 0 aliphatic heterocycles. The number of carbonyl (C=O) groups excluding carboxylic acids is 1. The summed E-state index contributed by atoms with van der Waals surface area (Å²) in [6, 6.07) is 6.80. The molecule has 26 heavy (non-hydrogen) atoms. The summed E-state index contributed by atoms with van der Waals surface area (Å²) in [4.78, 5) is 23.6. The number of hydrogen-bond acceptors (Lipinski definition) is 4. The molecule has 1 amide bonds. The average molecular weight is 374 g/mol. The molecular formula is C17H16ClN5O3. The maximum Gasteiger partial charge on any atom is 0.325 e. The molecule has 2 aromatic heterocycles. The van der Waals surface area contributed by atoms with Crippen LogP contribution in [0.2, 0.25) is 5.02 Å². The number of anilines is 1. The number of carbonyl (C=O) groups is 2. The van der Waals surface area contributed by atoms with E-state index in [2.05, 4.69) is 15.5 Å². The van der Waals surface area contributed by atoms with Gasteiger partial charge in [-0.05, 0) is 38.1 Å². The van der Waals surface area contributed by atoms with Crippen LogP contribution in [-0.4, -0.2) is 36.5 Å². The Balaban J connectivity index is 1.90. The molecule has 0 saturated carbocycles. The maximum absolute atomic E-state index is 12.7. The van der Waals surface area contributed by atoms with E-state index in [1.807, 2.05) is 0 Å². The monoisotopic (exact) mass is 373 g/mol. The van der Waals surface area contributed by atoms with Crippen molar-refractivity contribution < 1.29 is 14.7 Å². The predicted octanol–water partition coefficient (Wildman–Crippen LogP) is 2.68. The Labute approximate surface area is 154 Å². The smallest absolute Gasteiger partial charge is 0.325 e. The van der Waals surface area contributed by atoms with E-state index in [9.17, 15) is 9.59 Å². The lowest BCUT2D eigenvalue weighted by atomic mass is 10.1. The molecule has 0 bridgehead atoms. The molecule has 0 radical (unpaired) electrons. The predicted molar refractivity (Wildman–Crippen MR) is 95.9 cm³/mol. The van der Waals surface area contributed by atoms with E-state index in [-0.39, 0.29) is 12.1 Å². The first-order valence-corrected chi connectivity index (χ1v) is 8.11. The number of aryl methyl sites for hydroxylation is 1. The van der Waals surface area contributed by atoms with E-state index >= 15 is 0 Å². The van der Waals surface area contributed by atoms with Crippen LogP contribution in [0.5, 0.6) is 0 Å². The Morgan fingerprint density at radius 3 is 2.73 bits per heavy atom. The van der Waals surface area contributed by atoms with Gasteiger partial charge in [-0.15, -0.1) is 0 Å². The third kappa shape index (κ3) is 3.45. The Morgan fingerprint density at radius 1 is 1.31 bits per heavy atom. The molecule has 0 spiro atoms. The molecule has 0 saturated heterocycles. The van der Waals surface area contributed by atoms with Crippen molar-refractivity contribution in [2.75, 3.05) is 5.32 Å². The molecule has 0 unspecified atom stereocenters. The molecule has 0 atom stereocenters.